The first-order valence-corrected chi connectivity index (χ1v) is 16.0. The monoisotopic (exact) mass is 662 g/mol. The van der Waals surface area contributed by atoms with E-state index in [2.05, 4.69) is 20.6 Å². The van der Waals surface area contributed by atoms with Crippen LogP contribution in [0.15, 0.2) is 53.6 Å². The van der Waals surface area contributed by atoms with E-state index in [-0.39, 0.29) is 23.8 Å². The van der Waals surface area contributed by atoms with Crippen LogP contribution in [0.5, 0.6) is 0 Å². The number of nitrogens with zero attached hydrogens (tertiary/aromatic N) is 3. The van der Waals surface area contributed by atoms with E-state index in [4.69, 9.17) is 4.98 Å². The van der Waals surface area contributed by atoms with Gasteiger partial charge in [-0.25, -0.2) is 41.3 Å². The second kappa shape index (κ2) is 12.6. The molecule has 1 amide bonds. The molecule has 0 aliphatic heterocycles. The molecule has 15 heteroatoms. The molecule has 0 aliphatic rings. The highest BCUT2D eigenvalue weighted by Crippen LogP contribution is 2.42. The maximum absolute atomic E-state index is 16.1. The molecule has 1 unspecified atom stereocenters. The fraction of sp³-hybridized carbons (Fsp3) is 0.333. The zero-order valence-electron chi connectivity index (χ0n) is 25.4. The minimum atomic E-state index is -4.70. The molecule has 2 aromatic carbocycles. The van der Waals surface area contributed by atoms with Crippen LogP contribution in [0.2, 0.25) is 0 Å². The molecular weight excluding hydrogens is 629 g/mol. The van der Waals surface area contributed by atoms with Crippen molar-refractivity contribution >= 4 is 39.1 Å². The first kappa shape index (κ1) is 33.6. The number of carbonyl (C=O) groups is 1. The summed E-state index contributed by atoms with van der Waals surface area (Å²) in [6.45, 7) is 11.7. The van der Waals surface area contributed by atoms with E-state index in [0.717, 1.165) is 12.1 Å². The summed E-state index contributed by atoms with van der Waals surface area (Å²) in [5.41, 5.74) is -0.829. The molecule has 4 rings (SSSR count). The van der Waals surface area contributed by atoms with Gasteiger partial charge >= 0.3 is 6.09 Å². The number of halogens is 3. The molecule has 2 aromatic heterocycles. The molecule has 0 bridgehead atoms. The number of aromatic nitrogens is 3. The molecular formula is C30H33F3N6O4S2. The van der Waals surface area contributed by atoms with E-state index in [0.29, 0.717) is 27.7 Å². The van der Waals surface area contributed by atoms with Gasteiger partial charge in [0.2, 0.25) is 5.95 Å². The number of benzene rings is 2. The van der Waals surface area contributed by atoms with Crippen molar-refractivity contribution in [2.45, 2.75) is 57.9 Å². The van der Waals surface area contributed by atoms with Crippen molar-refractivity contribution in [1.29, 1.82) is 0 Å². The molecule has 4 N–H and O–H groups in total. The third-order valence-electron chi connectivity index (χ3n) is 6.65. The third-order valence-corrected chi connectivity index (χ3v) is 9.53. The topological polar surface area (TPSA) is 146 Å². The van der Waals surface area contributed by atoms with Gasteiger partial charge in [-0.15, -0.1) is 11.3 Å². The first-order chi connectivity index (χ1) is 20.9. The lowest BCUT2D eigenvalue weighted by atomic mass is 9.87. The Balaban J connectivity index is 1.75. The average molecular weight is 663 g/mol. The Morgan fingerprint density at radius 1 is 1.02 bits per heavy atom. The highest BCUT2D eigenvalue weighted by molar-refractivity contribution is 7.92. The van der Waals surface area contributed by atoms with E-state index in [1.54, 1.807) is 6.07 Å². The van der Waals surface area contributed by atoms with Gasteiger partial charge in [0.05, 0.1) is 33.0 Å². The van der Waals surface area contributed by atoms with Gasteiger partial charge in [-0.2, -0.15) is 0 Å². The normalized spacial score (nSPS) is 12.9. The summed E-state index contributed by atoms with van der Waals surface area (Å²) in [6.07, 6.45) is 0.332. The van der Waals surface area contributed by atoms with Gasteiger partial charge in [-0.1, -0.05) is 47.6 Å². The summed E-state index contributed by atoms with van der Waals surface area (Å²) in [5.74, 6) is -2.95. The van der Waals surface area contributed by atoms with Crippen LogP contribution in [0, 0.1) is 22.9 Å². The SMILES string of the molecule is CC(C)(C)c1nc(-c2cccc(NS(=O)(=O)c3cc(F)ccc3F)c2F)c(-c2ccnc(NCC(NC(=O)O)C(C)(C)C)n2)s1. The van der Waals surface area contributed by atoms with Crippen LogP contribution >= 0.6 is 11.3 Å². The van der Waals surface area contributed by atoms with Gasteiger partial charge in [0.1, 0.15) is 16.5 Å². The summed E-state index contributed by atoms with van der Waals surface area (Å²) in [6, 6.07) is 7.08. The van der Waals surface area contributed by atoms with Gasteiger partial charge in [-0.3, -0.25) is 4.72 Å². The van der Waals surface area contributed by atoms with Crippen molar-refractivity contribution in [2.24, 2.45) is 5.41 Å². The number of hydrogen-bond acceptors (Lipinski definition) is 8. The fourth-order valence-electron chi connectivity index (χ4n) is 4.16. The van der Waals surface area contributed by atoms with E-state index >= 15 is 4.39 Å². The average Bonchev–Trinajstić information content (AvgIpc) is 3.39. The highest BCUT2D eigenvalue weighted by atomic mass is 32.2. The number of thiazole rings is 1. The lowest BCUT2D eigenvalue weighted by Crippen LogP contribution is -2.47. The highest BCUT2D eigenvalue weighted by Gasteiger charge is 2.29. The third kappa shape index (κ3) is 7.89. The van der Waals surface area contributed by atoms with Crippen molar-refractivity contribution in [3.63, 3.8) is 0 Å². The predicted molar refractivity (Wildman–Crippen MR) is 167 cm³/mol. The Labute approximate surface area is 263 Å². The summed E-state index contributed by atoms with van der Waals surface area (Å²) in [7, 11) is -4.70. The van der Waals surface area contributed by atoms with E-state index in [9.17, 15) is 27.1 Å². The Morgan fingerprint density at radius 3 is 2.38 bits per heavy atom. The van der Waals surface area contributed by atoms with Crippen molar-refractivity contribution in [3.8, 4) is 21.8 Å². The largest absolute Gasteiger partial charge is 0.465 e. The Morgan fingerprint density at radius 2 is 1.73 bits per heavy atom. The Kier molecular flexibility index (Phi) is 9.45. The summed E-state index contributed by atoms with van der Waals surface area (Å²) in [5, 5.41) is 15.5. The maximum Gasteiger partial charge on any atom is 0.404 e. The molecule has 4 aromatic rings. The van der Waals surface area contributed by atoms with Crippen LogP contribution in [0.3, 0.4) is 0 Å². The summed E-state index contributed by atoms with van der Waals surface area (Å²) in [4.78, 5) is 24.4. The molecule has 0 aliphatic carbocycles. The second-order valence-electron chi connectivity index (χ2n) is 12.3. The second-order valence-corrected chi connectivity index (χ2v) is 15.0. The smallest absolute Gasteiger partial charge is 0.404 e. The number of carboxylic acid groups (broad SMARTS) is 1. The van der Waals surface area contributed by atoms with Gasteiger partial charge < -0.3 is 15.7 Å². The molecule has 2 heterocycles. The summed E-state index contributed by atoms with van der Waals surface area (Å²) < 4.78 is 71.9. The molecule has 0 spiro atoms. The van der Waals surface area contributed by atoms with E-state index in [1.807, 2.05) is 46.3 Å². The number of anilines is 2. The lowest BCUT2D eigenvalue weighted by Gasteiger charge is -2.30. The summed E-state index contributed by atoms with van der Waals surface area (Å²) >= 11 is 1.27. The molecule has 0 radical (unpaired) electrons. The minimum Gasteiger partial charge on any atom is -0.465 e. The van der Waals surface area contributed by atoms with Crippen molar-refractivity contribution in [1.82, 2.24) is 20.3 Å². The fourth-order valence-corrected chi connectivity index (χ4v) is 6.42. The van der Waals surface area contributed by atoms with E-state index < -0.39 is 61.0 Å². The number of sulfonamides is 1. The maximum atomic E-state index is 16.1. The van der Waals surface area contributed by atoms with Gasteiger partial charge in [0.15, 0.2) is 5.82 Å². The van der Waals surface area contributed by atoms with Crippen LogP contribution in [0.4, 0.5) is 29.6 Å². The predicted octanol–water partition coefficient (Wildman–Crippen LogP) is 6.88. The zero-order valence-corrected chi connectivity index (χ0v) is 27.0. The Hall–Kier alpha value is -4.24. The van der Waals surface area contributed by atoms with Gasteiger partial charge in [0.25, 0.3) is 10.0 Å². The van der Waals surface area contributed by atoms with E-state index in [1.165, 1.54) is 29.7 Å². The van der Waals surface area contributed by atoms with Crippen LogP contribution in [-0.2, 0) is 15.4 Å². The number of rotatable bonds is 9. The number of amides is 1. The molecule has 0 fully saturated rings. The number of nitrogens with one attached hydrogen (secondary N) is 3. The molecule has 0 saturated heterocycles. The van der Waals surface area contributed by atoms with Crippen molar-refractivity contribution in [3.05, 3.63) is 71.1 Å². The Bertz CT molecular complexity index is 1840. The first-order valence-electron chi connectivity index (χ1n) is 13.7. The molecule has 45 heavy (non-hydrogen) atoms. The zero-order chi connectivity index (χ0) is 33.3. The molecule has 240 valence electrons. The number of hydrogen-bond donors (Lipinski definition) is 4. The molecule has 0 saturated carbocycles. The van der Waals surface area contributed by atoms with Crippen molar-refractivity contribution < 1.29 is 31.5 Å². The van der Waals surface area contributed by atoms with Crippen molar-refractivity contribution in [2.75, 3.05) is 16.6 Å². The van der Waals surface area contributed by atoms with Crippen LogP contribution in [-0.4, -0.2) is 47.2 Å². The standard InChI is InChI=1S/C30H33F3N6O4S2/c1-29(2,3)22(37-28(40)41)15-35-27-34-13-12-20(36-27)25-24(38-26(44-25)30(4,5)6)17-8-7-9-19(23(17)33)39-45(42,43)21-14-16(31)10-11-18(21)32/h7-14,22,37,39H,15H2,1-6H3,(H,40,41)(H,34,35,36). The van der Waals surface area contributed by atoms with Gasteiger partial charge in [-0.05, 0) is 41.8 Å². The quantitative estimate of drug-likeness (QED) is 0.152. The molecule has 10 nitrogen and oxygen atoms in total. The van der Waals surface area contributed by atoms with Gasteiger partial charge in [0, 0.05) is 23.7 Å². The minimum absolute atomic E-state index is 0.0526. The van der Waals surface area contributed by atoms with Crippen LogP contribution in [0.1, 0.15) is 46.6 Å². The van der Waals surface area contributed by atoms with Crippen LogP contribution < -0.4 is 15.4 Å². The molecule has 1 atom stereocenters. The lowest BCUT2D eigenvalue weighted by molar-refractivity contribution is 0.176. The van der Waals surface area contributed by atoms with Crippen LogP contribution in [0.25, 0.3) is 21.8 Å².